The Morgan fingerprint density at radius 2 is 2.28 bits per heavy atom. The Hall–Kier alpha value is -0.450. The molecule has 1 spiro atoms. The summed E-state index contributed by atoms with van der Waals surface area (Å²) in [5.74, 6) is 0. The molecule has 1 unspecified atom stereocenters. The van der Waals surface area contributed by atoms with Crippen molar-refractivity contribution in [2.45, 2.75) is 57.2 Å². The largest absolute Gasteiger partial charge is 0.311 e. The highest BCUT2D eigenvalue weighted by molar-refractivity contribution is 7.09. The molecule has 1 aliphatic carbocycles. The molecule has 0 amide bonds. The molecule has 1 saturated carbocycles. The molecule has 3 rings (SSSR count). The van der Waals surface area contributed by atoms with E-state index in [4.69, 9.17) is 0 Å². The Balaban J connectivity index is 1.77. The molecule has 2 aliphatic rings. The van der Waals surface area contributed by atoms with Gasteiger partial charge in [0.05, 0.1) is 5.51 Å². The summed E-state index contributed by atoms with van der Waals surface area (Å²) in [4.78, 5) is 8.36. The van der Waals surface area contributed by atoms with Gasteiger partial charge in [-0.1, -0.05) is 19.3 Å². The van der Waals surface area contributed by atoms with Crippen LogP contribution in [0.25, 0.3) is 0 Å². The fraction of sp³-hybridized carbons (Fsp3) is 0.786. The predicted octanol–water partition coefficient (Wildman–Crippen LogP) is 2.64. The summed E-state index contributed by atoms with van der Waals surface area (Å²) in [5.41, 5.74) is 2.38. The Labute approximate surface area is 114 Å². The molecule has 1 aliphatic heterocycles. The zero-order chi connectivity index (χ0) is 12.4. The molecule has 3 nitrogen and oxygen atoms in total. The van der Waals surface area contributed by atoms with E-state index in [1.807, 2.05) is 11.7 Å². The minimum absolute atomic E-state index is 0.425. The van der Waals surface area contributed by atoms with Crippen molar-refractivity contribution in [3.63, 3.8) is 0 Å². The summed E-state index contributed by atoms with van der Waals surface area (Å²) >= 11 is 1.79. The standard InChI is InChI=1S/C14H23N3S/c1-12-8-17(9-13-7-15-11-18-13)14(10-16-12)5-3-2-4-6-14/h7,11-12,16H,2-6,8-10H2,1H3. The molecular weight excluding hydrogens is 242 g/mol. The quantitative estimate of drug-likeness (QED) is 0.891. The number of hydrogen-bond acceptors (Lipinski definition) is 4. The number of nitrogens with one attached hydrogen (secondary N) is 1. The molecule has 1 aromatic rings. The van der Waals surface area contributed by atoms with Crippen molar-refractivity contribution in [3.05, 3.63) is 16.6 Å². The molecule has 0 radical (unpaired) electrons. The zero-order valence-electron chi connectivity index (χ0n) is 11.2. The molecule has 1 saturated heterocycles. The van der Waals surface area contributed by atoms with Gasteiger partial charge in [0.1, 0.15) is 0 Å². The first-order valence-electron chi connectivity index (χ1n) is 7.14. The molecule has 4 heteroatoms. The van der Waals surface area contributed by atoms with E-state index in [2.05, 4.69) is 22.1 Å². The van der Waals surface area contributed by atoms with Crippen molar-refractivity contribution in [3.8, 4) is 0 Å². The lowest BCUT2D eigenvalue weighted by Crippen LogP contribution is -2.64. The van der Waals surface area contributed by atoms with E-state index in [1.165, 1.54) is 50.1 Å². The molecule has 18 heavy (non-hydrogen) atoms. The number of rotatable bonds is 2. The van der Waals surface area contributed by atoms with Crippen LogP contribution in [0.1, 0.15) is 43.9 Å². The average Bonchev–Trinajstić information content (AvgIpc) is 2.89. The van der Waals surface area contributed by atoms with Crippen molar-refractivity contribution in [1.82, 2.24) is 15.2 Å². The summed E-state index contributed by atoms with van der Waals surface area (Å²) in [5, 5.41) is 3.70. The van der Waals surface area contributed by atoms with Gasteiger partial charge in [-0.15, -0.1) is 11.3 Å². The molecular formula is C14H23N3S. The van der Waals surface area contributed by atoms with Crippen LogP contribution in [-0.4, -0.2) is 34.6 Å². The van der Waals surface area contributed by atoms with Crippen LogP contribution in [0.5, 0.6) is 0 Å². The second-order valence-electron chi connectivity index (χ2n) is 5.92. The molecule has 1 N–H and O–H groups in total. The smallest absolute Gasteiger partial charge is 0.0794 e. The maximum absolute atomic E-state index is 4.22. The van der Waals surface area contributed by atoms with Crippen LogP contribution in [0.2, 0.25) is 0 Å². The van der Waals surface area contributed by atoms with Gasteiger partial charge < -0.3 is 5.32 Å². The molecule has 0 aromatic carbocycles. The molecule has 2 heterocycles. The first kappa shape index (κ1) is 12.6. The van der Waals surface area contributed by atoms with E-state index < -0.39 is 0 Å². The van der Waals surface area contributed by atoms with Crippen LogP contribution in [-0.2, 0) is 6.54 Å². The van der Waals surface area contributed by atoms with Crippen molar-refractivity contribution in [2.75, 3.05) is 13.1 Å². The zero-order valence-corrected chi connectivity index (χ0v) is 12.0. The van der Waals surface area contributed by atoms with Gasteiger partial charge in [0, 0.05) is 42.3 Å². The minimum Gasteiger partial charge on any atom is -0.311 e. The lowest BCUT2D eigenvalue weighted by molar-refractivity contribution is 0.00688. The van der Waals surface area contributed by atoms with Gasteiger partial charge >= 0.3 is 0 Å². The first-order chi connectivity index (χ1) is 8.78. The third-order valence-corrected chi connectivity index (χ3v) is 5.32. The Morgan fingerprint density at radius 3 is 3.00 bits per heavy atom. The number of hydrogen-bond donors (Lipinski definition) is 1. The van der Waals surface area contributed by atoms with Gasteiger partial charge in [-0.25, -0.2) is 0 Å². The molecule has 2 fully saturated rings. The normalized spacial score (nSPS) is 28.6. The summed E-state index contributed by atoms with van der Waals surface area (Å²) in [6.07, 6.45) is 8.99. The van der Waals surface area contributed by atoms with E-state index in [0.717, 1.165) is 6.54 Å². The maximum Gasteiger partial charge on any atom is 0.0794 e. The van der Waals surface area contributed by atoms with Gasteiger partial charge in [-0.3, -0.25) is 9.88 Å². The van der Waals surface area contributed by atoms with Crippen molar-refractivity contribution in [2.24, 2.45) is 0 Å². The van der Waals surface area contributed by atoms with Gasteiger partial charge in [-0.05, 0) is 19.8 Å². The second-order valence-corrected chi connectivity index (χ2v) is 6.89. The van der Waals surface area contributed by atoms with Crippen molar-refractivity contribution < 1.29 is 0 Å². The molecule has 1 atom stereocenters. The molecule has 1 aromatic heterocycles. The van der Waals surface area contributed by atoms with Gasteiger partial charge in [0.25, 0.3) is 0 Å². The first-order valence-corrected chi connectivity index (χ1v) is 8.02. The summed E-state index contributed by atoms with van der Waals surface area (Å²) in [6, 6.07) is 0.616. The highest BCUT2D eigenvalue weighted by Gasteiger charge is 2.41. The lowest BCUT2D eigenvalue weighted by atomic mass is 9.78. The van der Waals surface area contributed by atoms with Crippen LogP contribution < -0.4 is 5.32 Å². The number of thiazole rings is 1. The van der Waals surface area contributed by atoms with Gasteiger partial charge in [-0.2, -0.15) is 0 Å². The van der Waals surface area contributed by atoms with E-state index in [1.54, 1.807) is 11.3 Å². The van der Waals surface area contributed by atoms with Crippen LogP contribution in [0, 0.1) is 0 Å². The highest BCUT2D eigenvalue weighted by atomic mass is 32.1. The molecule has 0 bridgehead atoms. The molecule has 100 valence electrons. The van der Waals surface area contributed by atoms with Crippen LogP contribution >= 0.6 is 11.3 Å². The third-order valence-electron chi connectivity index (χ3n) is 4.56. The Bertz CT molecular complexity index is 370. The van der Waals surface area contributed by atoms with Crippen molar-refractivity contribution >= 4 is 11.3 Å². The third kappa shape index (κ3) is 2.46. The number of nitrogens with zero attached hydrogens (tertiary/aromatic N) is 2. The number of piperazine rings is 1. The second kappa shape index (κ2) is 5.27. The van der Waals surface area contributed by atoms with Crippen molar-refractivity contribution in [1.29, 1.82) is 0 Å². The van der Waals surface area contributed by atoms with E-state index >= 15 is 0 Å². The Morgan fingerprint density at radius 1 is 1.44 bits per heavy atom. The van der Waals surface area contributed by atoms with Gasteiger partial charge in [0.15, 0.2) is 0 Å². The summed E-state index contributed by atoms with van der Waals surface area (Å²) in [7, 11) is 0. The maximum atomic E-state index is 4.22. The summed E-state index contributed by atoms with van der Waals surface area (Å²) in [6.45, 7) is 5.75. The average molecular weight is 265 g/mol. The van der Waals surface area contributed by atoms with E-state index in [9.17, 15) is 0 Å². The topological polar surface area (TPSA) is 28.2 Å². The SMILES string of the molecule is CC1CN(Cc2cncs2)C2(CCCCC2)CN1. The lowest BCUT2D eigenvalue weighted by Gasteiger charge is -2.51. The van der Waals surface area contributed by atoms with Crippen LogP contribution in [0.15, 0.2) is 11.7 Å². The highest BCUT2D eigenvalue weighted by Crippen LogP contribution is 2.36. The Kier molecular flexibility index (Phi) is 3.68. The van der Waals surface area contributed by atoms with Crippen LogP contribution in [0.3, 0.4) is 0 Å². The van der Waals surface area contributed by atoms with Crippen LogP contribution in [0.4, 0.5) is 0 Å². The monoisotopic (exact) mass is 265 g/mol. The van der Waals surface area contributed by atoms with E-state index in [0.29, 0.717) is 11.6 Å². The predicted molar refractivity (Wildman–Crippen MR) is 75.8 cm³/mol. The van der Waals surface area contributed by atoms with E-state index in [-0.39, 0.29) is 0 Å². The van der Waals surface area contributed by atoms with Gasteiger partial charge in [0.2, 0.25) is 0 Å². The summed E-state index contributed by atoms with van der Waals surface area (Å²) < 4.78 is 0. The fourth-order valence-corrected chi connectivity index (χ4v) is 4.12. The minimum atomic E-state index is 0.425. The fourth-order valence-electron chi connectivity index (χ4n) is 3.51. The number of aromatic nitrogens is 1.